The summed E-state index contributed by atoms with van der Waals surface area (Å²) in [7, 11) is 0. The molecule has 0 saturated carbocycles. The first kappa shape index (κ1) is 17.6. The number of aliphatic carboxylic acids is 1. The van der Waals surface area contributed by atoms with E-state index in [1.807, 2.05) is 19.1 Å². The van der Waals surface area contributed by atoms with Crippen molar-refractivity contribution < 1.29 is 23.5 Å². The molecule has 4 nitrogen and oxygen atoms in total. The maximum atomic E-state index is 13.6. The highest BCUT2D eigenvalue weighted by Gasteiger charge is 2.21. The lowest BCUT2D eigenvalue weighted by Gasteiger charge is -2.15. The van der Waals surface area contributed by atoms with Crippen molar-refractivity contribution in [2.75, 3.05) is 0 Å². The van der Waals surface area contributed by atoms with Crippen LogP contribution in [0.25, 0.3) is 0 Å². The molecule has 0 unspecified atom stereocenters. The Hall–Kier alpha value is -2.76. The van der Waals surface area contributed by atoms with Gasteiger partial charge in [0, 0.05) is 12.5 Å². The number of carboxylic acid groups (broad SMARTS) is 1. The first-order valence-electron chi connectivity index (χ1n) is 7.37. The maximum Gasteiger partial charge on any atom is 0.326 e. The van der Waals surface area contributed by atoms with Gasteiger partial charge in [-0.15, -0.1) is 0 Å². The van der Waals surface area contributed by atoms with Gasteiger partial charge in [-0.1, -0.05) is 35.9 Å². The van der Waals surface area contributed by atoms with Crippen LogP contribution < -0.4 is 5.32 Å². The zero-order chi connectivity index (χ0) is 17.7. The van der Waals surface area contributed by atoms with Crippen molar-refractivity contribution in [2.24, 2.45) is 0 Å². The molecule has 1 atom stereocenters. The number of carbonyl (C=O) groups excluding carboxylic acids is 1. The van der Waals surface area contributed by atoms with Crippen molar-refractivity contribution in [2.45, 2.75) is 25.8 Å². The third kappa shape index (κ3) is 4.87. The Labute approximate surface area is 138 Å². The van der Waals surface area contributed by atoms with Gasteiger partial charge in [-0.3, -0.25) is 4.79 Å². The van der Waals surface area contributed by atoms with Crippen LogP contribution in [0.5, 0.6) is 0 Å². The minimum Gasteiger partial charge on any atom is -0.480 e. The van der Waals surface area contributed by atoms with Crippen molar-refractivity contribution in [3.8, 4) is 0 Å². The predicted molar refractivity (Wildman–Crippen MR) is 84.5 cm³/mol. The molecule has 0 bridgehead atoms. The molecule has 0 aromatic heterocycles. The number of aryl methyl sites for hydroxylation is 1. The lowest BCUT2D eigenvalue weighted by molar-refractivity contribution is -0.141. The smallest absolute Gasteiger partial charge is 0.326 e. The summed E-state index contributed by atoms with van der Waals surface area (Å²) in [4.78, 5) is 23.3. The van der Waals surface area contributed by atoms with Crippen LogP contribution in [0.2, 0.25) is 0 Å². The highest BCUT2D eigenvalue weighted by Crippen LogP contribution is 2.11. The van der Waals surface area contributed by atoms with E-state index in [0.717, 1.165) is 17.2 Å². The van der Waals surface area contributed by atoms with E-state index >= 15 is 0 Å². The third-order valence-corrected chi connectivity index (χ3v) is 3.52. The highest BCUT2D eigenvalue weighted by atomic mass is 19.1. The fourth-order valence-corrected chi connectivity index (χ4v) is 2.36. The van der Waals surface area contributed by atoms with Gasteiger partial charge in [-0.25, -0.2) is 13.6 Å². The number of hydrogen-bond donors (Lipinski definition) is 2. The van der Waals surface area contributed by atoms with Crippen molar-refractivity contribution in [1.29, 1.82) is 0 Å². The Balaban J connectivity index is 2.04. The van der Waals surface area contributed by atoms with E-state index in [1.165, 1.54) is 6.07 Å². The molecule has 2 N–H and O–H groups in total. The second kappa shape index (κ2) is 7.68. The number of halogens is 2. The van der Waals surface area contributed by atoms with Crippen LogP contribution in [0.4, 0.5) is 8.78 Å². The summed E-state index contributed by atoms with van der Waals surface area (Å²) in [5.74, 6) is -3.39. The largest absolute Gasteiger partial charge is 0.480 e. The summed E-state index contributed by atoms with van der Waals surface area (Å²) in [6.45, 7) is 1.88. The molecule has 24 heavy (non-hydrogen) atoms. The van der Waals surface area contributed by atoms with Crippen LogP contribution in [0.15, 0.2) is 42.5 Å². The van der Waals surface area contributed by atoms with E-state index in [-0.39, 0.29) is 18.4 Å². The molecule has 0 aliphatic heterocycles. The number of rotatable bonds is 6. The normalized spacial score (nSPS) is 11.8. The van der Waals surface area contributed by atoms with Gasteiger partial charge >= 0.3 is 5.97 Å². The third-order valence-electron chi connectivity index (χ3n) is 3.52. The maximum absolute atomic E-state index is 13.6. The Morgan fingerprint density at radius 2 is 1.92 bits per heavy atom. The monoisotopic (exact) mass is 333 g/mol. The average Bonchev–Trinajstić information content (AvgIpc) is 2.49. The Kier molecular flexibility index (Phi) is 5.63. The molecule has 0 fully saturated rings. The number of amides is 1. The minimum absolute atomic E-state index is 0.00796. The zero-order valence-corrected chi connectivity index (χ0v) is 13.1. The Morgan fingerprint density at radius 1 is 1.17 bits per heavy atom. The van der Waals surface area contributed by atoms with E-state index in [9.17, 15) is 23.5 Å². The molecule has 1 amide bonds. The first-order valence-corrected chi connectivity index (χ1v) is 7.37. The Morgan fingerprint density at radius 3 is 2.54 bits per heavy atom. The molecule has 0 spiro atoms. The molecule has 0 radical (unpaired) electrons. The van der Waals surface area contributed by atoms with Gasteiger partial charge in [-0.2, -0.15) is 0 Å². The summed E-state index contributed by atoms with van der Waals surface area (Å²) in [5.41, 5.74) is 1.76. The molecule has 2 rings (SSSR count). The molecule has 0 heterocycles. The average molecular weight is 333 g/mol. The van der Waals surface area contributed by atoms with E-state index < -0.39 is 29.6 Å². The van der Waals surface area contributed by atoms with Gasteiger partial charge in [-0.05, 0) is 24.1 Å². The van der Waals surface area contributed by atoms with Gasteiger partial charge < -0.3 is 10.4 Å². The summed E-state index contributed by atoms with van der Waals surface area (Å²) in [5, 5.41) is 11.6. The molecule has 2 aromatic carbocycles. The minimum atomic E-state index is -1.18. The number of carboxylic acids is 1. The molecule has 126 valence electrons. The second-order valence-corrected chi connectivity index (χ2v) is 5.56. The summed E-state index contributed by atoms with van der Waals surface area (Å²) >= 11 is 0. The summed E-state index contributed by atoms with van der Waals surface area (Å²) in [6.07, 6.45) is -0.238. The van der Waals surface area contributed by atoms with Crippen LogP contribution in [-0.4, -0.2) is 23.0 Å². The molecule has 2 aromatic rings. The highest BCUT2D eigenvalue weighted by molar-refractivity contribution is 5.85. The fraction of sp³-hybridized carbons (Fsp3) is 0.222. The van der Waals surface area contributed by atoms with Gasteiger partial charge in [0.2, 0.25) is 5.91 Å². The predicted octanol–water partition coefficient (Wildman–Crippen LogP) is 2.63. The quantitative estimate of drug-likeness (QED) is 0.854. The lowest BCUT2D eigenvalue weighted by Crippen LogP contribution is -2.43. The van der Waals surface area contributed by atoms with Gasteiger partial charge in [0.1, 0.15) is 17.7 Å². The standard InChI is InChI=1S/C18H17F2NO3/c1-11-3-2-4-12(7-11)8-16(18(23)24)21-17(22)9-13-5-6-14(19)10-15(13)20/h2-7,10,16H,8-9H2,1H3,(H,21,22)(H,23,24)/t16-/m1/s1. The van der Waals surface area contributed by atoms with Crippen molar-refractivity contribution in [3.05, 3.63) is 70.8 Å². The SMILES string of the molecule is Cc1cccc(C[C@@H](NC(=O)Cc2ccc(F)cc2F)C(=O)O)c1. The van der Waals surface area contributed by atoms with Crippen LogP contribution >= 0.6 is 0 Å². The molecule has 0 aliphatic carbocycles. The molecule has 6 heteroatoms. The van der Waals surface area contributed by atoms with Crippen LogP contribution in [0, 0.1) is 18.6 Å². The van der Waals surface area contributed by atoms with Gasteiger partial charge in [0.05, 0.1) is 6.42 Å². The van der Waals surface area contributed by atoms with Crippen molar-refractivity contribution in [1.82, 2.24) is 5.32 Å². The summed E-state index contributed by atoms with van der Waals surface area (Å²) < 4.78 is 26.4. The number of carbonyl (C=O) groups is 2. The van der Waals surface area contributed by atoms with E-state index in [2.05, 4.69) is 5.32 Å². The van der Waals surface area contributed by atoms with Crippen LogP contribution in [0.3, 0.4) is 0 Å². The molecular formula is C18H17F2NO3. The van der Waals surface area contributed by atoms with Crippen LogP contribution in [-0.2, 0) is 22.4 Å². The first-order chi connectivity index (χ1) is 11.3. The lowest BCUT2D eigenvalue weighted by atomic mass is 10.0. The fourth-order valence-electron chi connectivity index (χ4n) is 2.36. The van der Waals surface area contributed by atoms with Crippen LogP contribution in [0.1, 0.15) is 16.7 Å². The molecule has 0 saturated heterocycles. The van der Waals surface area contributed by atoms with Crippen molar-refractivity contribution in [3.63, 3.8) is 0 Å². The number of hydrogen-bond acceptors (Lipinski definition) is 2. The number of benzene rings is 2. The topological polar surface area (TPSA) is 66.4 Å². The summed E-state index contributed by atoms with van der Waals surface area (Å²) in [6, 6.07) is 9.07. The second-order valence-electron chi connectivity index (χ2n) is 5.56. The molecular weight excluding hydrogens is 316 g/mol. The zero-order valence-electron chi connectivity index (χ0n) is 13.1. The van der Waals surface area contributed by atoms with E-state index in [4.69, 9.17) is 0 Å². The van der Waals surface area contributed by atoms with E-state index in [1.54, 1.807) is 12.1 Å². The van der Waals surface area contributed by atoms with Gasteiger partial charge in [0.25, 0.3) is 0 Å². The molecule has 0 aliphatic rings. The Bertz CT molecular complexity index is 762. The van der Waals surface area contributed by atoms with E-state index in [0.29, 0.717) is 6.07 Å². The van der Waals surface area contributed by atoms with Gasteiger partial charge in [0.15, 0.2) is 0 Å². The number of nitrogens with one attached hydrogen (secondary N) is 1. The van der Waals surface area contributed by atoms with Crippen molar-refractivity contribution >= 4 is 11.9 Å².